The van der Waals surface area contributed by atoms with Gasteiger partial charge in [-0.15, -0.1) is 0 Å². The molecule has 0 spiro atoms. The van der Waals surface area contributed by atoms with E-state index in [1.807, 2.05) is 24.3 Å². The lowest BCUT2D eigenvalue weighted by Gasteiger charge is -2.03. The highest BCUT2D eigenvalue weighted by Gasteiger charge is 2.10. The number of ether oxygens (including phenoxy) is 3. The van der Waals surface area contributed by atoms with Crippen LogP contribution in [0.2, 0.25) is 0 Å². The Balaban J connectivity index is 2.26. The molecule has 0 aliphatic carbocycles. The molecule has 1 fully saturated rings. The molecule has 4 nitrogen and oxygen atoms in total. The van der Waals surface area contributed by atoms with E-state index in [1.165, 1.54) is 0 Å². The fraction of sp³-hybridized carbons (Fsp3) is 0.300. The van der Waals surface area contributed by atoms with E-state index >= 15 is 0 Å². The van der Waals surface area contributed by atoms with Gasteiger partial charge in [0.05, 0.1) is 7.11 Å². The van der Waals surface area contributed by atoms with Gasteiger partial charge < -0.3 is 14.2 Å². The molecular formula is C10H11NO3. The van der Waals surface area contributed by atoms with Gasteiger partial charge in [0.15, 0.2) is 6.79 Å². The molecule has 0 amide bonds. The van der Waals surface area contributed by atoms with Crippen molar-refractivity contribution in [2.45, 2.75) is 0 Å². The van der Waals surface area contributed by atoms with Crippen LogP contribution in [-0.4, -0.2) is 26.4 Å². The number of para-hydroxylation sites is 2. The molecule has 0 unspecified atom stereocenters. The second-order valence-electron chi connectivity index (χ2n) is 2.79. The summed E-state index contributed by atoms with van der Waals surface area (Å²) in [5.41, 5.74) is 0.760. The summed E-state index contributed by atoms with van der Waals surface area (Å²) in [5.74, 6) is 1.32. The molecule has 1 aliphatic rings. The third-order valence-corrected chi connectivity index (χ3v) is 1.86. The number of rotatable bonds is 2. The molecule has 14 heavy (non-hydrogen) atoms. The molecular weight excluding hydrogens is 182 g/mol. The van der Waals surface area contributed by atoms with Crippen LogP contribution in [0.1, 0.15) is 0 Å². The molecule has 0 N–H and O–H groups in total. The first-order chi connectivity index (χ1) is 6.90. The highest BCUT2D eigenvalue weighted by Crippen LogP contribution is 2.26. The number of methoxy groups -OCH3 is 1. The topological polar surface area (TPSA) is 40.0 Å². The Hall–Kier alpha value is -1.55. The quantitative estimate of drug-likeness (QED) is 0.718. The zero-order chi connectivity index (χ0) is 9.80. The maximum atomic E-state index is 5.15. The van der Waals surface area contributed by atoms with E-state index in [2.05, 4.69) is 4.99 Å². The molecule has 0 aromatic heterocycles. The Kier molecular flexibility index (Phi) is 2.65. The molecule has 0 bridgehead atoms. The fourth-order valence-corrected chi connectivity index (χ4v) is 1.20. The number of aliphatic imine (C=N–C) groups is 1. The van der Waals surface area contributed by atoms with Crippen molar-refractivity contribution in [3.05, 3.63) is 24.3 Å². The zero-order valence-electron chi connectivity index (χ0n) is 7.90. The maximum Gasteiger partial charge on any atom is 0.217 e. The van der Waals surface area contributed by atoms with E-state index in [-0.39, 0.29) is 6.79 Å². The predicted molar refractivity (Wildman–Crippen MR) is 52.0 cm³/mol. The van der Waals surface area contributed by atoms with Gasteiger partial charge in [0, 0.05) is 0 Å². The van der Waals surface area contributed by atoms with Crippen molar-refractivity contribution in [1.82, 2.24) is 0 Å². The van der Waals surface area contributed by atoms with E-state index in [0.29, 0.717) is 12.5 Å². The summed E-state index contributed by atoms with van der Waals surface area (Å²) in [5, 5.41) is 0. The lowest BCUT2D eigenvalue weighted by atomic mass is 10.3. The molecule has 1 aromatic carbocycles. The molecule has 74 valence electrons. The summed E-state index contributed by atoms with van der Waals surface area (Å²) < 4.78 is 15.3. The maximum absolute atomic E-state index is 5.15. The summed E-state index contributed by atoms with van der Waals surface area (Å²) in [6, 6.07) is 7.52. The number of hydrogen-bond acceptors (Lipinski definition) is 4. The number of benzene rings is 1. The van der Waals surface area contributed by atoms with Crippen molar-refractivity contribution in [1.29, 1.82) is 0 Å². The minimum atomic E-state index is 0.286. The molecule has 1 aromatic rings. The third kappa shape index (κ3) is 1.85. The third-order valence-electron chi connectivity index (χ3n) is 1.86. The summed E-state index contributed by atoms with van der Waals surface area (Å²) in [6.45, 7) is 0.714. The van der Waals surface area contributed by atoms with Crippen LogP contribution in [0.15, 0.2) is 29.3 Å². The standard InChI is InChI=1S/C10H11NO3/c1-12-9-5-3-2-4-8(9)11-10-6-13-7-14-10/h2-5H,6-7H2,1H3. The Morgan fingerprint density at radius 3 is 2.93 bits per heavy atom. The average Bonchev–Trinajstić information content (AvgIpc) is 2.71. The van der Waals surface area contributed by atoms with Crippen molar-refractivity contribution >= 4 is 11.6 Å². The number of hydrogen-bond donors (Lipinski definition) is 0. The lowest BCUT2D eigenvalue weighted by molar-refractivity contribution is 0.0890. The van der Waals surface area contributed by atoms with E-state index in [9.17, 15) is 0 Å². The van der Waals surface area contributed by atoms with Crippen molar-refractivity contribution < 1.29 is 14.2 Å². The van der Waals surface area contributed by atoms with E-state index in [1.54, 1.807) is 7.11 Å². The molecule has 1 saturated heterocycles. The van der Waals surface area contributed by atoms with E-state index in [4.69, 9.17) is 14.2 Å². The predicted octanol–water partition coefficient (Wildman–Crippen LogP) is 1.73. The molecule has 0 atom stereocenters. The molecule has 1 aliphatic heterocycles. The van der Waals surface area contributed by atoms with Gasteiger partial charge in [-0.2, -0.15) is 0 Å². The monoisotopic (exact) mass is 193 g/mol. The van der Waals surface area contributed by atoms with E-state index < -0.39 is 0 Å². The second-order valence-corrected chi connectivity index (χ2v) is 2.79. The first-order valence-corrected chi connectivity index (χ1v) is 4.31. The SMILES string of the molecule is COc1ccccc1N=C1COCO1. The van der Waals surface area contributed by atoms with Gasteiger partial charge >= 0.3 is 0 Å². The van der Waals surface area contributed by atoms with Crippen molar-refractivity contribution in [3.63, 3.8) is 0 Å². The fourth-order valence-electron chi connectivity index (χ4n) is 1.20. The largest absolute Gasteiger partial charge is 0.494 e. The van der Waals surface area contributed by atoms with Crippen LogP contribution >= 0.6 is 0 Å². The molecule has 0 saturated carbocycles. The Morgan fingerprint density at radius 1 is 1.36 bits per heavy atom. The van der Waals surface area contributed by atoms with Crippen LogP contribution in [0.25, 0.3) is 0 Å². The Labute approximate surface area is 82.1 Å². The van der Waals surface area contributed by atoms with Gasteiger partial charge in [-0.05, 0) is 12.1 Å². The highest BCUT2D eigenvalue weighted by molar-refractivity contribution is 5.82. The minimum Gasteiger partial charge on any atom is -0.494 e. The van der Waals surface area contributed by atoms with Crippen molar-refractivity contribution in [3.8, 4) is 5.75 Å². The average molecular weight is 193 g/mol. The molecule has 1 heterocycles. The first-order valence-electron chi connectivity index (χ1n) is 4.31. The summed E-state index contributed by atoms with van der Waals surface area (Å²) >= 11 is 0. The normalized spacial score (nSPS) is 18.2. The smallest absolute Gasteiger partial charge is 0.217 e. The Morgan fingerprint density at radius 2 is 2.21 bits per heavy atom. The summed E-state index contributed by atoms with van der Waals surface area (Å²) in [4.78, 5) is 4.27. The number of nitrogens with zero attached hydrogens (tertiary/aromatic N) is 1. The van der Waals surface area contributed by atoms with Crippen LogP contribution in [0, 0.1) is 0 Å². The molecule has 4 heteroatoms. The van der Waals surface area contributed by atoms with Gasteiger partial charge in [-0.1, -0.05) is 12.1 Å². The highest BCUT2D eigenvalue weighted by atomic mass is 16.7. The Bertz CT molecular complexity index is 341. The minimum absolute atomic E-state index is 0.286. The zero-order valence-corrected chi connectivity index (χ0v) is 7.90. The summed E-state index contributed by atoms with van der Waals surface area (Å²) in [7, 11) is 1.62. The van der Waals surface area contributed by atoms with Gasteiger partial charge in [-0.25, -0.2) is 4.99 Å². The van der Waals surface area contributed by atoms with Gasteiger partial charge in [-0.3, -0.25) is 0 Å². The summed E-state index contributed by atoms with van der Waals surface area (Å²) in [6.07, 6.45) is 0. The van der Waals surface area contributed by atoms with Crippen LogP contribution < -0.4 is 4.74 Å². The van der Waals surface area contributed by atoms with Crippen LogP contribution in [0.3, 0.4) is 0 Å². The van der Waals surface area contributed by atoms with Crippen LogP contribution in [0.4, 0.5) is 5.69 Å². The van der Waals surface area contributed by atoms with Crippen molar-refractivity contribution in [2.75, 3.05) is 20.5 Å². The molecule has 0 radical (unpaired) electrons. The molecule has 2 rings (SSSR count). The van der Waals surface area contributed by atoms with Gasteiger partial charge in [0.2, 0.25) is 5.90 Å². The first kappa shape index (κ1) is 9.02. The van der Waals surface area contributed by atoms with Crippen LogP contribution in [0.5, 0.6) is 5.75 Å². The van der Waals surface area contributed by atoms with Crippen molar-refractivity contribution in [2.24, 2.45) is 4.99 Å². The van der Waals surface area contributed by atoms with Crippen LogP contribution in [-0.2, 0) is 9.47 Å². The second kappa shape index (κ2) is 4.11. The van der Waals surface area contributed by atoms with Gasteiger partial charge in [0.25, 0.3) is 0 Å². The van der Waals surface area contributed by atoms with E-state index in [0.717, 1.165) is 11.4 Å². The van der Waals surface area contributed by atoms with Gasteiger partial charge in [0.1, 0.15) is 18.0 Å². The lowest BCUT2D eigenvalue weighted by Crippen LogP contribution is -1.97.